The summed E-state index contributed by atoms with van der Waals surface area (Å²) in [5.74, 6) is 4.42. The zero-order valence-electron chi connectivity index (χ0n) is 24.0. The molecule has 8 aromatic rings. The third-order valence-electron chi connectivity index (χ3n) is 8.12. The number of nitrogens with zero attached hydrogens (tertiary/aromatic N) is 4. The molecule has 0 saturated carbocycles. The molecule has 6 nitrogen and oxygen atoms in total. The first kappa shape index (κ1) is 25.2. The van der Waals surface area contributed by atoms with Crippen LogP contribution >= 0.6 is 0 Å². The molecule has 6 aromatic carbocycles. The second-order valence-corrected chi connectivity index (χ2v) is 10.9. The molecule has 1 aliphatic heterocycles. The van der Waals surface area contributed by atoms with Crippen LogP contribution in [0.5, 0.6) is 23.0 Å². The molecule has 0 bridgehead atoms. The average molecular weight is 581 g/mol. The molecule has 2 aromatic heterocycles. The summed E-state index contributed by atoms with van der Waals surface area (Å²) in [5, 5.41) is 1.94. The molecule has 0 atom stereocenters. The maximum Gasteiger partial charge on any atom is 0.238 e. The second kappa shape index (κ2) is 10.2. The van der Waals surface area contributed by atoms with Crippen molar-refractivity contribution in [1.82, 2.24) is 19.5 Å². The van der Waals surface area contributed by atoms with Crippen LogP contribution in [0.15, 0.2) is 146 Å². The van der Waals surface area contributed by atoms with Gasteiger partial charge < -0.3 is 9.47 Å². The van der Waals surface area contributed by atoms with E-state index in [-0.39, 0.29) is 0 Å². The predicted molar refractivity (Wildman–Crippen MR) is 177 cm³/mol. The van der Waals surface area contributed by atoms with Gasteiger partial charge in [-0.1, -0.05) is 109 Å². The van der Waals surface area contributed by atoms with Gasteiger partial charge in [0.1, 0.15) is 0 Å². The molecule has 45 heavy (non-hydrogen) atoms. The molecule has 212 valence electrons. The maximum absolute atomic E-state index is 6.59. The highest BCUT2D eigenvalue weighted by molar-refractivity contribution is 6.14. The number of fused-ring (bicyclic) bond motifs is 6. The van der Waals surface area contributed by atoms with Crippen LogP contribution in [0, 0.1) is 0 Å². The summed E-state index contributed by atoms with van der Waals surface area (Å²) in [6.45, 7) is 0. The number of hydrogen-bond donors (Lipinski definition) is 0. The third-order valence-corrected chi connectivity index (χ3v) is 8.12. The van der Waals surface area contributed by atoms with E-state index in [2.05, 4.69) is 53.1 Å². The molecule has 0 aliphatic carbocycles. The van der Waals surface area contributed by atoms with Gasteiger partial charge in [0.2, 0.25) is 5.95 Å². The molecular formula is C39H24N4O2. The number of aromatic nitrogens is 4. The minimum absolute atomic E-state index is 0.521. The Morgan fingerprint density at radius 1 is 0.422 bits per heavy atom. The smallest absolute Gasteiger partial charge is 0.238 e. The average Bonchev–Trinajstić information content (AvgIpc) is 3.46. The molecule has 0 fully saturated rings. The summed E-state index contributed by atoms with van der Waals surface area (Å²) in [7, 11) is 0. The fourth-order valence-electron chi connectivity index (χ4n) is 6.01. The molecule has 0 unspecified atom stereocenters. The van der Waals surface area contributed by atoms with Crippen LogP contribution in [0.4, 0.5) is 0 Å². The Morgan fingerprint density at radius 2 is 0.978 bits per heavy atom. The van der Waals surface area contributed by atoms with E-state index in [4.69, 9.17) is 24.4 Å². The van der Waals surface area contributed by atoms with Crippen molar-refractivity contribution in [2.24, 2.45) is 0 Å². The second-order valence-electron chi connectivity index (χ2n) is 10.9. The minimum Gasteiger partial charge on any atom is -0.449 e. The van der Waals surface area contributed by atoms with Crippen molar-refractivity contribution in [3.8, 4) is 62.8 Å². The predicted octanol–water partition coefficient (Wildman–Crippen LogP) is 9.87. The summed E-state index contributed by atoms with van der Waals surface area (Å²) >= 11 is 0. The van der Waals surface area contributed by atoms with Gasteiger partial charge in [0.05, 0.1) is 16.4 Å². The fraction of sp³-hybridized carbons (Fsp3) is 0. The van der Waals surface area contributed by atoms with Gasteiger partial charge in [-0.05, 0) is 47.5 Å². The lowest BCUT2D eigenvalue weighted by atomic mass is 10.0. The topological polar surface area (TPSA) is 62.1 Å². The van der Waals surface area contributed by atoms with E-state index in [9.17, 15) is 0 Å². The van der Waals surface area contributed by atoms with Gasteiger partial charge in [-0.15, -0.1) is 0 Å². The standard InChI is InChI=1S/C39H24N4O2/c1-4-12-25(13-5-1)28-20-21-30-29(24-28)35-31(22-23-34-36(35)45-33-19-11-10-18-32(33)44-34)43(30)39-41-37(26-14-6-2-7-15-26)40-38(42-39)27-16-8-3-9-17-27/h1-24H. The van der Waals surface area contributed by atoms with Crippen molar-refractivity contribution in [2.75, 3.05) is 0 Å². The Bertz CT molecular complexity index is 2310. The molecule has 1 aliphatic rings. The first-order valence-electron chi connectivity index (χ1n) is 14.8. The molecule has 0 spiro atoms. The van der Waals surface area contributed by atoms with E-state index >= 15 is 0 Å². The summed E-state index contributed by atoms with van der Waals surface area (Å²) in [4.78, 5) is 15.1. The van der Waals surface area contributed by atoms with Crippen LogP contribution in [-0.2, 0) is 0 Å². The Hall–Kier alpha value is -6.27. The quantitative estimate of drug-likeness (QED) is 0.207. The van der Waals surface area contributed by atoms with E-state index in [1.807, 2.05) is 97.1 Å². The summed E-state index contributed by atoms with van der Waals surface area (Å²) in [5.41, 5.74) is 5.91. The monoisotopic (exact) mass is 580 g/mol. The zero-order valence-corrected chi connectivity index (χ0v) is 24.0. The van der Waals surface area contributed by atoms with E-state index < -0.39 is 0 Å². The van der Waals surface area contributed by atoms with Crippen LogP contribution < -0.4 is 9.47 Å². The first-order valence-corrected chi connectivity index (χ1v) is 14.8. The van der Waals surface area contributed by atoms with Crippen LogP contribution in [0.25, 0.3) is 61.7 Å². The van der Waals surface area contributed by atoms with Crippen molar-refractivity contribution in [3.05, 3.63) is 146 Å². The number of benzene rings is 6. The van der Waals surface area contributed by atoms with Gasteiger partial charge in [-0.3, -0.25) is 4.57 Å². The highest BCUT2D eigenvalue weighted by atomic mass is 16.6. The molecule has 0 amide bonds. The highest BCUT2D eigenvalue weighted by Crippen LogP contribution is 2.51. The molecule has 9 rings (SSSR count). The minimum atomic E-state index is 0.521. The summed E-state index contributed by atoms with van der Waals surface area (Å²) in [6, 6.07) is 48.7. The van der Waals surface area contributed by atoms with E-state index in [1.165, 1.54) is 0 Å². The number of hydrogen-bond acceptors (Lipinski definition) is 5. The van der Waals surface area contributed by atoms with Gasteiger partial charge in [0.15, 0.2) is 34.6 Å². The molecular weight excluding hydrogens is 556 g/mol. The summed E-state index contributed by atoms with van der Waals surface area (Å²) < 4.78 is 15.0. The van der Waals surface area contributed by atoms with E-state index in [0.717, 1.165) is 44.1 Å². The fourth-order valence-corrected chi connectivity index (χ4v) is 6.01. The molecule has 3 heterocycles. The van der Waals surface area contributed by atoms with Gasteiger partial charge in [-0.2, -0.15) is 9.97 Å². The Balaban J connectivity index is 1.35. The highest BCUT2D eigenvalue weighted by Gasteiger charge is 2.26. The molecule has 6 heteroatoms. The lowest BCUT2D eigenvalue weighted by molar-refractivity contribution is 0.363. The first-order chi connectivity index (χ1) is 22.3. The van der Waals surface area contributed by atoms with Crippen molar-refractivity contribution < 1.29 is 9.47 Å². The van der Waals surface area contributed by atoms with Crippen molar-refractivity contribution >= 4 is 21.8 Å². The number of rotatable bonds is 4. The number of para-hydroxylation sites is 2. The van der Waals surface area contributed by atoms with Gasteiger partial charge in [0.25, 0.3) is 0 Å². The molecule has 0 saturated heterocycles. The van der Waals surface area contributed by atoms with Gasteiger partial charge >= 0.3 is 0 Å². The summed E-state index contributed by atoms with van der Waals surface area (Å²) in [6.07, 6.45) is 0. The number of ether oxygens (including phenoxy) is 2. The van der Waals surface area contributed by atoms with Crippen LogP contribution in [0.3, 0.4) is 0 Å². The van der Waals surface area contributed by atoms with Crippen LogP contribution in [-0.4, -0.2) is 19.5 Å². The normalized spacial score (nSPS) is 11.9. The van der Waals surface area contributed by atoms with Crippen LogP contribution in [0.2, 0.25) is 0 Å². The Kier molecular flexibility index (Phi) is 5.71. The van der Waals surface area contributed by atoms with Crippen molar-refractivity contribution in [2.45, 2.75) is 0 Å². The van der Waals surface area contributed by atoms with Gasteiger partial charge in [-0.25, -0.2) is 4.98 Å². The zero-order chi connectivity index (χ0) is 29.7. The van der Waals surface area contributed by atoms with Gasteiger partial charge in [0, 0.05) is 16.5 Å². The maximum atomic E-state index is 6.59. The molecule has 0 N–H and O–H groups in total. The molecule has 0 radical (unpaired) electrons. The van der Waals surface area contributed by atoms with Crippen molar-refractivity contribution in [3.63, 3.8) is 0 Å². The van der Waals surface area contributed by atoms with Crippen molar-refractivity contribution in [1.29, 1.82) is 0 Å². The Labute approximate surface area is 258 Å². The van der Waals surface area contributed by atoms with E-state index in [1.54, 1.807) is 0 Å². The Morgan fingerprint density at radius 3 is 1.62 bits per heavy atom. The van der Waals surface area contributed by atoms with Crippen LogP contribution in [0.1, 0.15) is 0 Å². The third kappa shape index (κ3) is 4.23. The lowest BCUT2D eigenvalue weighted by Crippen LogP contribution is -2.06. The lowest BCUT2D eigenvalue weighted by Gasteiger charge is -2.21. The largest absolute Gasteiger partial charge is 0.449 e. The van der Waals surface area contributed by atoms with E-state index in [0.29, 0.717) is 40.6 Å². The SMILES string of the molecule is c1ccc(-c2ccc3c(c2)c2c4c(ccc2n3-c2nc(-c3ccccc3)nc(-c3ccccc3)n2)Oc2ccccc2O4)cc1.